The molecule has 0 amide bonds. The third-order valence-electron chi connectivity index (χ3n) is 2.73. The minimum Gasteiger partial charge on any atom is -0.481 e. The van der Waals surface area contributed by atoms with Gasteiger partial charge in [0.25, 0.3) is 0 Å². The van der Waals surface area contributed by atoms with E-state index in [1.54, 1.807) is 6.07 Å². The first kappa shape index (κ1) is 17.1. The van der Waals surface area contributed by atoms with E-state index in [1.807, 2.05) is 0 Å². The predicted molar refractivity (Wildman–Crippen MR) is 79.5 cm³/mol. The molecule has 1 heterocycles. The van der Waals surface area contributed by atoms with E-state index in [0.717, 1.165) is 30.6 Å². The van der Waals surface area contributed by atoms with E-state index in [4.69, 9.17) is 5.11 Å². The van der Waals surface area contributed by atoms with Gasteiger partial charge in [-0.2, -0.15) is 0 Å². The lowest BCUT2D eigenvalue weighted by molar-refractivity contribution is -0.136. The number of hydrogen-bond acceptors (Lipinski definition) is 4. The van der Waals surface area contributed by atoms with E-state index in [-0.39, 0.29) is 10.6 Å². The zero-order valence-electron chi connectivity index (χ0n) is 11.8. The summed E-state index contributed by atoms with van der Waals surface area (Å²) in [7, 11) is -3.50. The van der Waals surface area contributed by atoms with Crippen molar-refractivity contribution in [1.29, 1.82) is 0 Å². The normalized spacial score (nSPS) is 11.9. The molecule has 20 heavy (non-hydrogen) atoms. The highest BCUT2D eigenvalue weighted by Crippen LogP contribution is 2.21. The zero-order valence-corrected chi connectivity index (χ0v) is 13.4. The Morgan fingerprint density at radius 1 is 1.35 bits per heavy atom. The van der Waals surface area contributed by atoms with Gasteiger partial charge in [-0.05, 0) is 24.5 Å². The summed E-state index contributed by atoms with van der Waals surface area (Å²) in [6, 6.07) is 3.01. The van der Waals surface area contributed by atoms with Gasteiger partial charge in [-0.1, -0.05) is 26.7 Å². The Balaban J connectivity index is 2.47. The second-order valence-corrected chi connectivity index (χ2v) is 8.24. The summed E-state index contributed by atoms with van der Waals surface area (Å²) >= 11 is 1.01. The van der Waals surface area contributed by atoms with Gasteiger partial charge in [-0.15, -0.1) is 11.3 Å². The number of carbonyl (C=O) groups is 1. The minimum atomic E-state index is -3.50. The fraction of sp³-hybridized carbons (Fsp3) is 0.615. The molecule has 114 valence electrons. The maximum Gasteiger partial charge on any atom is 0.308 e. The van der Waals surface area contributed by atoms with Gasteiger partial charge in [0, 0.05) is 11.4 Å². The molecule has 0 spiro atoms. The molecule has 0 atom stereocenters. The van der Waals surface area contributed by atoms with Crippen LogP contribution in [-0.4, -0.2) is 26.0 Å². The Morgan fingerprint density at radius 2 is 2.05 bits per heavy atom. The van der Waals surface area contributed by atoms with Crippen LogP contribution in [0.3, 0.4) is 0 Å². The molecule has 1 aromatic rings. The molecule has 0 saturated carbocycles. The Kier molecular flexibility index (Phi) is 6.64. The van der Waals surface area contributed by atoms with E-state index in [2.05, 4.69) is 18.6 Å². The van der Waals surface area contributed by atoms with Gasteiger partial charge in [0.15, 0.2) is 0 Å². The molecular weight excluding hydrogens is 298 g/mol. The largest absolute Gasteiger partial charge is 0.481 e. The van der Waals surface area contributed by atoms with E-state index >= 15 is 0 Å². The Morgan fingerprint density at radius 3 is 2.65 bits per heavy atom. The molecule has 0 aliphatic carbocycles. The molecule has 1 rings (SSSR count). The maximum absolute atomic E-state index is 12.0. The number of rotatable bonds is 9. The minimum absolute atomic E-state index is 0.144. The van der Waals surface area contributed by atoms with Crippen molar-refractivity contribution in [2.24, 2.45) is 5.92 Å². The molecule has 0 unspecified atom stereocenters. The third-order valence-corrected chi connectivity index (χ3v) is 5.77. The number of unbranched alkanes of at least 4 members (excludes halogenated alkanes) is 1. The van der Waals surface area contributed by atoms with Crippen molar-refractivity contribution in [2.75, 3.05) is 6.54 Å². The molecule has 0 radical (unpaired) electrons. The Hall–Kier alpha value is -0.920. The highest BCUT2D eigenvalue weighted by Gasteiger charge is 2.16. The summed E-state index contributed by atoms with van der Waals surface area (Å²) in [4.78, 5) is 11.1. The molecule has 0 aromatic carbocycles. The lowest BCUT2D eigenvalue weighted by atomic mass is 10.1. The van der Waals surface area contributed by atoms with Crippen LogP contribution in [-0.2, 0) is 21.2 Å². The summed E-state index contributed by atoms with van der Waals surface area (Å²) < 4.78 is 26.7. The first-order valence-electron chi connectivity index (χ1n) is 6.61. The Labute approximate surface area is 124 Å². The number of carboxylic acids is 1. The monoisotopic (exact) mass is 319 g/mol. The summed E-state index contributed by atoms with van der Waals surface area (Å²) in [5.74, 6) is -0.333. The van der Waals surface area contributed by atoms with Gasteiger partial charge in [0.1, 0.15) is 4.21 Å². The van der Waals surface area contributed by atoms with Crippen LogP contribution in [0.15, 0.2) is 16.3 Å². The van der Waals surface area contributed by atoms with Crippen LogP contribution < -0.4 is 4.72 Å². The Bertz CT molecular complexity index is 534. The van der Waals surface area contributed by atoms with Gasteiger partial charge in [-0.3, -0.25) is 4.79 Å². The number of nitrogens with one attached hydrogen (secondary N) is 1. The van der Waals surface area contributed by atoms with Crippen molar-refractivity contribution < 1.29 is 18.3 Å². The van der Waals surface area contributed by atoms with Crippen molar-refractivity contribution in [2.45, 2.75) is 43.7 Å². The van der Waals surface area contributed by atoms with E-state index < -0.39 is 16.0 Å². The van der Waals surface area contributed by atoms with Crippen LogP contribution in [0, 0.1) is 5.92 Å². The molecule has 0 bridgehead atoms. The van der Waals surface area contributed by atoms with Crippen LogP contribution >= 0.6 is 11.3 Å². The molecule has 2 N–H and O–H groups in total. The van der Waals surface area contributed by atoms with Crippen LogP contribution in [0.5, 0.6) is 0 Å². The topological polar surface area (TPSA) is 83.5 Å². The molecule has 0 aliphatic rings. The summed E-state index contributed by atoms with van der Waals surface area (Å²) in [6.45, 7) is 4.70. The molecule has 7 heteroatoms. The lowest BCUT2D eigenvalue weighted by Crippen LogP contribution is -2.24. The summed E-state index contributed by atoms with van der Waals surface area (Å²) in [6.07, 6.45) is 2.75. The van der Waals surface area contributed by atoms with Crippen LogP contribution in [0.25, 0.3) is 0 Å². The van der Waals surface area contributed by atoms with Crippen molar-refractivity contribution in [3.05, 3.63) is 17.0 Å². The van der Waals surface area contributed by atoms with Gasteiger partial charge < -0.3 is 5.11 Å². The number of sulfonamides is 1. The first-order valence-corrected chi connectivity index (χ1v) is 8.91. The molecule has 0 fully saturated rings. The van der Waals surface area contributed by atoms with E-state index in [0.29, 0.717) is 17.3 Å². The van der Waals surface area contributed by atoms with Crippen LogP contribution in [0.1, 0.15) is 38.0 Å². The van der Waals surface area contributed by atoms with Gasteiger partial charge in [0.2, 0.25) is 10.0 Å². The van der Waals surface area contributed by atoms with Crippen molar-refractivity contribution in [1.82, 2.24) is 4.72 Å². The van der Waals surface area contributed by atoms with Crippen LogP contribution in [0.4, 0.5) is 0 Å². The standard InChI is InChI=1S/C13H21NO4S2/c1-10(2)5-3-4-8-14-20(17,18)13-7-6-11(19-13)9-12(15)16/h6-7,10,14H,3-5,8-9H2,1-2H3,(H,15,16). The van der Waals surface area contributed by atoms with Crippen molar-refractivity contribution in [3.8, 4) is 0 Å². The second kappa shape index (κ2) is 7.75. The molecular formula is C13H21NO4S2. The van der Waals surface area contributed by atoms with Crippen molar-refractivity contribution in [3.63, 3.8) is 0 Å². The van der Waals surface area contributed by atoms with Gasteiger partial charge in [0.05, 0.1) is 6.42 Å². The van der Waals surface area contributed by atoms with Crippen molar-refractivity contribution >= 4 is 27.3 Å². The third kappa shape index (κ3) is 6.02. The first-order chi connectivity index (χ1) is 9.31. The highest BCUT2D eigenvalue weighted by atomic mass is 32.2. The summed E-state index contributed by atoms with van der Waals surface area (Å²) in [5.41, 5.74) is 0. The zero-order chi connectivity index (χ0) is 15.2. The van der Waals surface area contributed by atoms with Gasteiger partial charge >= 0.3 is 5.97 Å². The fourth-order valence-corrected chi connectivity index (χ4v) is 4.17. The quantitative estimate of drug-likeness (QED) is 0.685. The number of carboxylic acid groups (broad SMARTS) is 1. The molecule has 0 aliphatic heterocycles. The number of hydrogen-bond donors (Lipinski definition) is 2. The predicted octanol–water partition coefficient (Wildman–Crippen LogP) is 2.48. The van der Waals surface area contributed by atoms with Crippen LogP contribution in [0.2, 0.25) is 0 Å². The lowest BCUT2D eigenvalue weighted by Gasteiger charge is -2.06. The average Bonchev–Trinajstić information content (AvgIpc) is 2.76. The number of thiophene rings is 1. The molecule has 1 aromatic heterocycles. The highest BCUT2D eigenvalue weighted by molar-refractivity contribution is 7.91. The average molecular weight is 319 g/mol. The number of aliphatic carboxylic acids is 1. The maximum atomic E-state index is 12.0. The smallest absolute Gasteiger partial charge is 0.308 e. The van der Waals surface area contributed by atoms with E-state index in [9.17, 15) is 13.2 Å². The summed E-state index contributed by atoms with van der Waals surface area (Å²) in [5, 5.41) is 8.67. The second-order valence-electron chi connectivity index (χ2n) is 5.08. The molecule has 5 nitrogen and oxygen atoms in total. The molecule has 0 saturated heterocycles. The fourth-order valence-electron chi connectivity index (χ4n) is 1.70. The van der Waals surface area contributed by atoms with Gasteiger partial charge in [-0.25, -0.2) is 13.1 Å². The van der Waals surface area contributed by atoms with E-state index in [1.165, 1.54) is 6.07 Å². The SMILES string of the molecule is CC(C)CCCCNS(=O)(=O)c1ccc(CC(=O)O)s1.